The van der Waals surface area contributed by atoms with Crippen molar-refractivity contribution in [3.05, 3.63) is 60.7 Å². The van der Waals surface area contributed by atoms with Gasteiger partial charge < -0.3 is 9.16 Å². The number of carbonyl (C=O) groups is 1. The Hall–Kier alpha value is -1.18. The van der Waals surface area contributed by atoms with E-state index in [0.29, 0.717) is 13.0 Å². The molecule has 28 heavy (non-hydrogen) atoms. The molecule has 1 fully saturated rings. The molecule has 1 aliphatic heterocycles. The van der Waals surface area contributed by atoms with E-state index in [0.717, 1.165) is 10.8 Å². The fourth-order valence-electron chi connectivity index (χ4n) is 4.23. The van der Waals surface area contributed by atoms with Gasteiger partial charge in [0.15, 0.2) is 0 Å². The Kier molecular flexibility index (Phi) is 6.99. The summed E-state index contributed by atoms with van der Waals surface area (Å²) in [5.74, 6) is 0.180. The van der Waals surface area contributed by atoms with Crippen LogP contribution in [0.15, 0.2) is 60.7 Å². The summed E-state index contributed by atoms with van der Waals surface area (Å²) in [7, 11) is -2.50. The van der Waals surface area contributed by atoms with Gasteiger partial charge in [0.1, 0.15) is 6.10 Å². The summed E-state index contributed by atoms with van der Waals surface area (Å²) in [4.78, 5) is 11.7. The lowest BCUT2D eigenvalue weighted by Gasteiger charge is -2.43. The summed E-state index contributed by atoms with van der Waals surface area (Å²) in [6.07, 6.45) is 1.39. The molecule has 2 aromatic rings. The first-order valence-electron chi connectivity index (χ1n) is 9.89. The molecule has 150 valence electrons. The van der Waals surface area contributed by atoms with E-state index >= 15 is 0 Å². The second-order valence-corrected chi connectivity index (χ2v) is 13.6. The van der Waals surface area contributed by atoms with Gasteiger partial charge in [-0.05, 0) is 21.8 Å². The number of esters is 1. The number of rotatable bonds is 7. The Balaban J connectivity index is 1.92. The predicted molar refractivity (Wildman–Crippen MR) is 125 cm³/mol. The van der Waals surface area contributed by atoms with Crippen LogP contribution in [0.2, 0.25) is 5.04 Å². The van der Waals surface area contributed by atoms with E-state index in [2.05, 4.69) is 104 Å². The first-order valence-corrected chi connectivity index (χ1v) is 13.3. The van der Waals surface area contributed by atoms with Gasteiger partial charge in [-0.15, -0.1) is 0 Å². The highest BCUT2D eigenvalue weighted by atomic mass is 127. The molecule has 3 nitrogen and oxygen atoms in total. The molecule has 0 aliphatic carbocycles. The van der Waals surface area contributed by atoms with Gasteiger partial charge in [0.25, 0.3) is 8.32 Å². The monoisotopic (exact) mass is 508 g/mol. The molecule has 0 bridgehead atoms. The Labute approximate surface area is 183 Å². The van der Waals surface area contributed by atoms with Crippen molar-refractivity contribution < 1.29 is 14.0 Å². The van der Waals surface area contributed by atoms with Crippen LogP contribution in [0.25, 0.3) is 0 Å². The van der Waals surface area contributed by atoms with Crippen LogP contribution in [0.4, 0.5) is 0 Å². The van der Waals surface area contributed by atoms with Crippen molar-refractivity contribution in [3.8, 4) is 0 Å². The third-order valence-electron chi connectivity index (χ3n) is 5.61. The SMILES string of the molecule is CC(C)(C)[Si](OCC[C@H]1CC(=O)O[C@H]1CI)(c1ccccc1)c1ccccc1. The predicted octanol–water partition coefficient (Wildman–Crippen LogP) is 4.32. The minimum absolute atomic E-state index is 0.0239. The van der Waals surface area contributed by atoms with Crippen molar-refractivity contribution in [1.82, 2.24) is 0 Å². The topological polar surface area (TPSA) is 35.5 Å². The maximum Gasteiger partial charge on any atom is 0.306 e. The first-order chi connectivity index (χ1) is 13.4. The van der Waals surface area contributed by atoms with Crippen molar-refractivity contribution >= 4 is 47.3 Å². The lowest BCUT2D eigenvalue weighted by atomic mass is 9.99. The zero-order chi connectivity index (χ0) is 20.2. The van der Waals surface area contributed by atoms with Gasteiger partial charge in [0, 0.05) is 17.0 Å². The summed E-state index contributed by atoms with van der Waals surface area (Å²) in [5, 5.41) is 2.55. The molecule has 2 aromatic carbocycles. The van der Waals surface area contributed by atoms with Gasteiger partial charge in [-0.1, -0.05) is 104 Å². The van der Waals surface area contributed by atoms with E-state index in [1.165, 1.54) is 10.4 Å². The number of hydrogen-bond acceptors (Lipinski definition) is 3. The average Bonchev–Trinajstić information content (AvgIpc) is 3.05. The van der Waals surface area contributed by atoms with Crippen LogP contribution >= 0.6 is 22.6 Å². The number of hydrogen-bond donors (Lipinski definition) is 0. The number of cyclic esters (lactones) is 1. The van der Waals surface area contributed by atoms with Crippen LogP contribution in [0, 0.1) is 5.92 Å². The van der Waals surface area contributed by atoms with E-state index in [1.54, 1.807) is 0 Å². The zero-order valence-electron chi connectivity index (χ0n) is 16.9. The Morgan fingerprint density at radius 3 is 2.04 bits per heavy atom. The van der Waals surface area contributed by atoms with Crippen molar-refractivity contribution in [3.63, 3.8) is 0 Å². The molecule has 0 radical (unpaired) electrons. The lowest BCUT2D eigenvalue weighted by Crippen LogP contribution is -2.66. The van der Waals surface area contributed by atoms with Crippen molar-refractivity contribution in [1.29, 1.82) is 0 Å². The summed E-state index contributed by atoms with van der Waals surface area (Å²) in [5.41, 5.74) is 0. The number of halogens is 1. The number of carbonyl (C=O) groups excluding carboxylic acids is 1. The maximum atomic E-state index is 11.7. The van der Waals surface area contributed by atoms with E-state index in [-0.39, 0.29) is 23.0 Å². The van der Waals surface area contributed by atoms with Crippen LogP contribution in [0.1, 0.15) is 33.6 Å². The summed E-state index contributed by atoms with van der Waals surface area (Å²) < 4.78 is 13.2. The standard InChI is InChI=1S/C23H29IO3Si/c1-23(2,3)28(19-10-6-4-7-11-19,20-12-8-5-9-13-20)26-15-14-18-16-22(25)27-21(18)17-24/h4-13,18,21H,14-17H2,1-3H3/t18-,21-/m0/s1. The fourth-order valence-corrected chi connectivity index (χ4v) is 9.71. The summed E-state index contributed by atoms with van der Waals surface area (Å²) in [6, 6.07) is 21.4. The molecule has 0 saturated carbocycles. The number of alkyl halides is 1. The van der Waals surface area contributed by atoms with Gasteiger partial charge in [0.2, 0.25) is 0 Å². The first kappa shape index (κ1) is 21.5. The average molecular weight is 508 g/mol. The minimum atomic E-state index is -2.50. The molecular formula is C23H29IO3Si. The molecule has 0 spiro atoms. The molecule has 0 N–H and O–H groups in total. The summed E-state index contributed by atoms with van der Waals surface area (Å²) in [6.45, 7) is 7.50. The molecule has 5 heteroatoms. The molecule has 1 saturated heterocycles. The van der Waals surface area contributed by atoms with Gasteiger partial charge in [-0.2, -0.15) is 0 Å². The van der Waals surface area contributed by atoms with Crippen LogP contribution in [0.5, 0.6) is 0 Å². The third kappa shape index (κ3) is 4.36. The third-order valence-corrected chi connectivity index (χ3v) is 11.5. The van der Waals surface area contributed by atoms with Crippen molar-refractivity contribution in [2.24, 2.45) is 5.92 Å². The molecule has 1 aliphatic rings. The highest BCUT2D eigenvalue weighted by molar-refractivity contribution is 14.1. The quantitative estimate of drug-likeness (QED) is 0.242. The van der Waals surface area contributed by atoms with Crippen LogP contribution < -0.4 is 10.4 Å². The number of benzene rings is 2. The van der Waals surface area contributed by atoms with Crippen LogP contribution in [0.3, 0.4) is 0 Å². The second kappa shape index (κ2) is 9.09. The highest BCUT2D eigenvalue weighted by Gasteiger charge is 2.50. The molecule has 2 atom stereocenters. The van der Waals surface area contributed by atoms with E-state index < -0.39 is 8.32 Å². The Morgan fingerprint density at radius 2 is 1.57 bits per heavy atom. The van der Waals surface area contributed by atoms with Crippen molar-refractivity contribution in [2.75, 3.05) is 11.0 Å². The Morgan fingerprint density at radius 1 is 1.04 bits per heavy atom. The van der Waals surface area contributed by atoms with E-state index in [9.17, 15) is 4.79 Å². The van der Waals surface area contributed by atoms with Gasteiger partial charge >= 0.3 is 5.97 Å². The summed E-state index contributed by atoms with van der Waals surface area (Å²) >= 11 is 2.30. The molecule has 0 unspecified atom stereocenters. The smallest absolute Gasteiger partial charge is 0.306 e. The largest absolute Gasteiger partial charge is 0.461 e. The highest BCUT2D eigenvalue weighted by Crippen LogP contribution is 2.37. The lowest BCUT2D eigenvalue weighted by molar-refractivity contribution is -0.140. The van der Waals surface area contributed by atoms with Gasteiger partial charge in [0.05, 0.1) is 6.42 Å². The molecule has 3 rings (SSSR count). The van der Waals surface area contributed by atoms with E-state index in [1.807, 2.05) is 0 Å². The Bertz CT molecular complexity index is 734. The van der Waals surface area contributed by atoms with Gasteiger partial charge in [-0.25, -0.2) is 0 Å². The fraction of sp³-hybridized carbons (Fsp3) is 0.435. The molecular weight excluding hydrogens is 479 g/mol. The zero-order valence-corrected chi connectivity index (χ0v) is 20.0. The minimum Gasteiger partial charge on any atom is -0.461 e. The maximum absolute atomic E-state index is 11.7. The molecule has 0 aromatic heterocycles. The van der Waals surface area contributed by atoms with Crippen molar-refractivity contribution in [2.45, 2.75) is 44.8 Å². The normalized spacial score (nSPS) is 20.2. The van der Waals surface area contributed by atoms with Gasteiger partial charge in [-0.3, -0.25) is 4.79 Å². The molecule has 1 heterocycles. The second-order valence-electron chi connectivity index (χ2n) is 8.45. The molecule has 0 amide bonds. The van der Waals surface area contributed by atoms with E-state index in [4.69, 9.17) is 9.16 Å². The van der Waals surface area contributed by atoms with Crippen LogP contribution in [-0.2, 0) is 14.0 Å². The van der Waals surface area contributed by atoms with Crippen LogP contribution in [-0.4, -0.2) is 31.4 Å². The number of ether oxygens (including phenoxy) is 1.